The molecule has 2 aliphatic rings. The minimum Gasteiger partial charge on any atom is -0.340 e. The normalized spacial score (nSPS) is 31.6. The summed E-state index contributed by atoms with van der Waals surface area (Å²) in [7, 11) is 0. The van der Waals surface area contributed by atoms with Crippen LogP contribution in [0.25, 0.3) is 0 Å². The van der Waals surface area contributed by atoms with Crippen molar-refractivity contribution in [3.63, 3.8) is 0 Å². The van der Waals surface area contributed by atoms with Gasteiger partial charge in [0.05, 0.1) is 12.6 Å². The molecule has 2 atom stereocenters. The van der Waals surface area contributed by atoms with Crippen molar-refractivity contribution in [2.45, 2.75) is 37.1 Å². The van der Waals surface area contributed by atoms with Gasteiger partial charge in [0.1, 0.15) is 0 Å². The van der Waals surface area contributed by atoms with Crippen LogP contribution in [-0.4, -0.2) is 42.4 Å². The second kappa shape index (κ2) is 5.05. The third kappa shape index (κ3) is 2.79. The molecule has 1 N–H and O–H groups in total. The summed E-state index contributed by atoms with van der Waals surface area (Å²) in [5.74, 6) is -2.95. The van der Waals surface area contributed by atoms with Crippen LogP contribution in [0.4, 0.5) is 8.78 Å². The summed E-state index contributed by atoms with van der Waals surface area (Å²) >= 11 is 0. The predicted octanol–water partition coefficient (Wildman–Crippen LogP) is 2.17. The first kappa shape index (κ1) is 14.4. The van der Waals surface area contributed by atoms with Crippen LogP contribution < -0.4 is 5.32 Å². The number of hydrogen-bond acceptors (Lipinski definition) is 2. The average molecular weight is 294 g/mol. The molecule has 0 bridgehead atoms. The fourth-order valence-corrected chi connectivity index (χ4v) is 3.34. The van der Waals surface area contributed by atoms with E-state index in [1.165, 1.54) is 5.56 Å². The molecule has 2 aliphatic heterocycles. The highest BCUT2D eigenvalue weighted by molar-refractivity contribution is 5.83. The first-order valence-corrected chi connectivity index (χ1v) is 7.35. The van der Waals surface area contributed by atoms with Crippen molar-refractivity contribution < 1.29 is 13.6 Å². The Morgan fingerprint density at radius 1 is 1.33 bits per heavy atom. The maximum atomic E-state index is 13.2. The first-order chi connectivity index (χ1) is 9.90. The summed E-state index contributed by atoms with van der Waals surface area (Å²) in [6.07, 6.45) is 0.482. The fourth-order valence-electron chi connectivity index (χ4n) is 3.34. The molecule has 0 radical (unpaired) electrons. The lowest BCUT2D eigenvalue weighted by molar-refractivity contribution is -0.132. The van der Waals surface area contributed by atoms with Gasteiger partial charge in [0.15, 0.2) is 0 Å². The molecule has 2 unspecified atom stereocenters. The van der Waals surface area contributed by atoms with Crippen molar-refractivity contribution in [3.05, 3.63) is 35.9 Å². The Labute approximate surface area is 123 Å². The zero-order chi connectivity index (χ0) is 15.1. The van der Waals surface area contributed by atoms with Gasteiger partial charge in [-0.1, -0.05) is 37.3 Å². The van der Waals surface area contributed by atoms with Gasteiger partial charge in [0.2, 0.25) is 5.91 Å². The molecule has 21 heavy (non-hydrogen) atoms. The van der Waals surface area contributed by atoms with Gasteiger partial charge < -0.3 is 4.90 Å². The monoisotopic (exact) mass is 294 g/mol. The van der Waals surface area contributed by atoms with Gasteiger partial charge in [-0.05, 0) is 12.0 Å². The number of nitrogens with zero attached hydrogens (tertiary/aromatic N) is 1. The Morgan fingerprint density at radius 3 is 2.67 bits per heavy atom. The van der Waals surface area contributed by atoms with Gasteiger partial charge in [0, 0.05) is 24.9 Å². The topological polar surface area (TPSA) is 32.3 Å². The highest BCUT2D eigenvalue weighted by atomic mass is 19.3. The predicted molar refractivity (Wildman–Crippen MR) is 76.3 cm³/mol. The summed E-state index contributed by atoms with van der Waals surface area (Å²) < 4.78 is 26.5. The molecular formula is C16H20F2N2O. The van der Waals surface area contributed by atoms with Crippen LogP contribution in [0.2, 0.25) is 0 Å². The molecule has 1 aromatic rings. The molecule has 3 nitrogen and oxygen atoms in total. The Hall–Kier alpha value is -1.49. The van der Waals surface area contributed by atoms with Crippen molar-refractivity contribution in [2.24, 2.45) is 0 Å². The van der Waals surface area contributed by atoms with Gasteiger partial charge in [-0.15, -0.1) is 0 Å². The van der Waals surface area contributed by atoms with Crippen molar-refractivity contribution in [1.82, 2.24) is 10.2 Å². The van der Waals surface area contributed by atoms with E-state index in [-0.39, 0.29) is 17.7 Å². The van der Waals surface area contributed by atoms with E-state index in [1.807, 2.05) is 18.2 Å². The summed E-state index contributed by atoms with van der Waals surface area (Å²) in [6.45, 7) is 2.97. The summed E-state index contributed by atoms with van der Waals surface area (Å²) in [5, 5.41) is 2.65. The Bertz CT molecular complexity index is 534. The standard InChI is InChI=1S/C16H20F2N2O/c1-15(12-5-3-2-4-6-12)7-8-20(11-15)14(21)13-9-16(17,18)10-19-13/h2-6,13,19H,7-11H2,1H3. The van der Waals surface area contributed by atoms with E-state index in [9.17, 15) is 13.6 Å². The number of carbonyl (C=O) groups excluding carboxylic acids is 1. The number of rotatable bonds is 2. The maximum Gasteiger partial charge on any atom is 0.262 e. The SMILES string of the molecule is CC1(c2ccccc2)CCN(C(=O)C2CC(F)(F)CN2)C1. The van der Waals surface area contributed by atoms with Gasteiger partial charge in [-0.3, -0.25) is 10.1 Å². The molecular weight excluding hydrogens is 274 g/mol. The number of hydrogen-bond donors (Lipinski definition) is 1. The molecule has 1 aromatic carbocycles. The van der Waals surface area contributed by atoms with E-state index in [0.717, 1.165) is 6.42 Å². The largest absolute Gasteiger partial charge is 0.340 e. The van der Waals surface area contributed by atoms with Crippen molar-refractivity contribution in [1.29, 1.82) is 0 Å². The van der Waals surface area contributed by atoms with E-state index in [1.54, 1.807) is 4.90 Å². The first-order valence-electron chi connectivity index (χ1n) is 7.35. The van der Waals surface area contributed by atoms with Crippen LogP contribution in [0.3, 0.4) is 0 Å². The number of benzene rings is 1. The zero-order valence-corrected chi connectivity index (χ0v) is 12.1. The number of halogens is 2. The van der Waals surface area contributed by atoms with Crippen LogP contribution in [0.5, 0.6) is 0 Å². The molecule has 0 aliphatic carbocycles. The lowest BCUT2D eigenvalue weighted by Gasteiger charge is -2.26. The fraction of sp³-hybridized carbons (Fsp3) is 0.562. The number of carbonyl (C=O) groups is 1. The zero-order valence-electron chi connectivity index (χ0n) is 12.1. The highest BCUT2D eigenvalue weighted by Crippen LogP contribution is 2.35. The van der Waals surface area contributed by atoms with Gasteiger partial charge in [0.25, 0.3) is 5.92 Å². The van der Waals surface area contributed by atoms with Gasteiger partial charge in [-0.25, -0.2) is 8.78 Å². The van der Waals surface area contributed by atoms with E-state index < -0.39 is 18.5 Å². The highest BCUT2D eigenvalue weighted by Gasteiger charge is 2.46. The molecule has 3 rings (SSSR count). The van der Waals surface area contributed by atoms with Crippen LogP contribution in [-0.2, 0) is 10.2 Å². The van der Waals surface area contributed by atoms with Crippen molar-refractivity contribution >= 4 is 5.91 Å². The summed E-state index contributed by atoms with van der Waals surface area (Å²) in [5.41, 5.74) is 1.11. The van der Waals surface area contributed by atoms with Crippen molar-refractivity contribution in [3.8, 4) is 0 Å². The Balaban J connectivity index is 1.69. The molecule has 0 aromatic heterocycles. The number of amides is 1. The van der Waals surface area contributed by atoms with E-state index in [0.29, 0.717) is 13.1 Å². The number of nitrogens with one attached hydrogen (secondary N) is 1. The smallest absolute Gasteiger partial charge is 0.262 e. The van der Waals surface area contributed by atoms with Crippen molar-refractivity contribution in [2.75, 3.05) is 19.6 Å². The second-order valence-electron chi connectivity index (χ2n) is 6.43. The lowest BCUT2D eigenvalue weighted by Crippen LogP contribution is -2.43. The minimum absolute atomic E-state index is 0.0853. The second-order valence-corrected chi connectivity index (χ2v) is 6.43. The van der Waals surface area contributed by atoms with E-state index in [2.05, 4.69) is 24.4 Å². The molecule has 5 heteroatoms. The maximum absolute atomic E-state index is 13.2. The molecule has 0 spiro atoms. The van der Waals surface area contributed by atoms with E-state index >= 15 is 0 Å². The average Bonchev–Trinajstić information content (AvgIpc) is 3.03. The molecule has 114 valence electrons. The number of likely N-dealkylation sites (tertiary alicyclic amines) is 1. The van der Waals surface area contributed by atoms with E-state index in [4.69, 9.17) is 0 Å². The number of alkyl halides is 2. The Kier molecular flexibility index (Phi) is 3.48. The molecule has 1 amide bonds. The van der Waals surface area contributed by atoms with Gasteiger partial charge >= 0.3 is 0 Å². The minimum atomic E-state index is -2.76. The molecule has 2 saturated heterocycles. The van der Waals surface area contributed by atoms with Gasteiger partial charge in [-0.2, -0.15) is 0 Å². The quantitative estimate of drug-likeness (QED) is 0.906. The molecule has 0 saturated carbocycles. The summed E-state index contributed by atoms with van der Waals surface area (Å²) in [6, 6.07) is 9.34. The van der Waals surface area contributed by atoms with Crippen LogP contribution in [0.15, 0.2) is 30.3 Å². The van der Waals surface area contributed by atoms with Crippen LogP contribution in [0.1, 0.15) is 25.3 Å². The Morgan fingerprint density at radius 2 is 2.05 bits per heavy atom. The lowest BCUT2D eigenvalue weighted by atomic mass is 9.82. The third-order valence-electron chi connectivity index (χ3n) is 4.66. The molecule has 2 fully saturated rings. The third-order valence-corrected chi connectivity index (χ3v) is 4.66. The van der Waals surface area contributed by atoms with Crippen LogP contribution >= 0.6 is 0 Å². The summed E-state index contributed by atoms with van der Waals surface area (Å²) in [4.78, 5) is 14.1. The van der Waals surface area contributed by atoms with Crippen LogP contribution in [0, 0.1) is 0 Å². The molecule has 2 heterocycles.